The van der Waals surface area contributed by atoms with Crippen LogP contribution in [-0.2, 0) is 20.8 Å². The number of amides is 3. The van der Waals surface area contributed by atoms with Crippen molar-refractivity contribution in [3.63, 3.8) is 0 Å². The largest absolute Gasteiger partial charge is 0.506 e. The Labute approximate surface area is 225 Å². The van der Waals surface area contributed by atoms with Gasteiger partial charge in [0.2, 0.25) is 17.7 Å². The topological polar surface area (TPSA) is 90.0 Å². The van der Waals surface area contributed by atoms with Gasteiger partial charge in [-0.1, -0.05) is 38.4 Å². The lowest BCUT2D eigenvalue weighted by molar-refractivity contribution is -0.146. The quantitative estimate of drug-likeness (QED) is 0.605. The Balaban J connectivity index is 1.46. The number of rotatable bonds is 3. The number of aromatic hydroxyl groups is 1. The summed E-state index contributed by atoms with van der Waals surface area (Å²) in [4.78, 5) is 43.5. The SMILES string of the molecule is CC(C)[C@@H]1CC[C@@H](C)CC(=O)N2C[C@H]3C[C@@H](CN(C(=O)Cc4ccc(O)c(Cl)c4)C3)[C@@H]2CCCC(=O)N1. The summed E-state index contributed by atoms with van der Waals surface area (Å²) in [5.74, 6) is 1.51. The van der Waals surface area contributed by atoms with Crippen LogP contribution in [-0.4, -0.2) is 64.3 Å². The van der Waals surface area contributed by atoms with E-state index in [1.165, 1.54) is 6.07 Å². The van der Waals surface area contributed by atoms with E-state index in [0.717, 1.165) is 37.7 Å². The Morgan fingerprint density at radius 2 is 1.95 bits per heavy atom. The van der Waals surface area contributed by atoms with E-state index in [2.05, 4.69) is 31.0 Å². The summed E-state index contributed by atoms with van der Waals surface area (Å²) >= 11 is 6.04. The fourth-order valence-corrected chi connectivity index (χ4v) is 6.66. The van der Waals surface area contributed by atoms with Gasteiger partial charge in [-0.2, -0.15) is 0 Å². The van der Waals surface area contributed by atoms with Gasteiger partial charge in [0.25, 0.3) is 0 Å². The summed E-state index contributed by atoms with van der Waals surface area (Å²) in [6.45, 7) is 8.40. The fraction of sp³-hybridized carbons (Fsp3) is 0.690. The standard InChI is InChI=1S/C29H42ClN3O4/c1-18(2)24-9-7-19(3)11-29(37)33-16-21-12-22(25(33)5-4-6-27(35)31-24)17-32(15-21)28(36)14-20-8-10-26(34)23(30)13-20/h8,10,13,18-19,21-22,24-25,34H,4-7,9,11-12,14-17H2,1-3H3,(H,31,35)/t19-,21+,22+,24+,25+/m1/s1. The molecule has 8 heteroatoms. The lowest BCUT2D eigenvalue weighted by atomic mass is 9.77. The molecule has 2 N–H and O–H groups in total. The monoisotopic (exact) mass is 531 g/mol. The summed E-state index contributed by atoms with van der Waals surface area (Å²) in [6, 6.07) is 5.11. The molecule has 3 saturated heterocycles. The van der Waals surface area contributed by atoms with Gasteiger partial charge in [-0.25, -0.2) is 0 Å². The second-order valence-electron chi connectivity index (χ2n) is 11.9. The molecule has 37 heavy (non-hydrogen) atoms. The van der Waals surface area contributed by atoms with Crippen LogP contribution in [0.25, 0.3) is 0 Å². The first kappa shape index (κ1) is 27.7. The molecular formula is C29H42ClN3O4. The van der Waals surface area contributed by atoms with Gasteiger partial charge in [-0.3, -0.25) is 14.4 Å². The number of benzene rings is 1. The van der Waals surface area contributed by atoms with Crippen LogP contribution in [0.4, 0.5) is 0 Å². The number of nitrogens with zero attached hydrogens (tertiary/aromatic N) is 2. The molecule has 3 heterocycles. The number of halogens is 1. The van der Waals surface area contributed by atoms with E-state index in [0.29, 0.717) is 38.4 Å². The average molecular weight is 532 g/mol. The van der Waals surface area contributed by atoms with Crippen LogP contribution in [0.3, 0.4) is 0 Å². The predicted octanol–water partition coefficient (Wildman–Crippen LogP) is 4.39. The zero-order chi connectivity index (χ0) is 26.7. The first-order valence-electron chi connectivity index (χ1n) is 13.9. The molecule has 5 atom stereocenters. The molecule has 7 nitrogen and oxygen atoms in total. The molecule has 0 aliphatic carbocycles. The van der Waals surface area contributed by atoms with Crippen molar-refractivity contribution in [1.82, 2.24) is 15.1 Å². The predicted molar refractivity (Wildman–Crippen MR) is 144 cm³/mol. The van der Waals surface area contributed by atoms with Crippen molar-refractivity contribution in [3.05, 3.63) is 28.8 Å². The minimum Gasteiger partial charge on any atom is -0.506 e. The van der Waals surface area contributed by atoms with Crippen LogP contribution in [0.2, 0.25) is 5.02 Å². The highest BCUT2D eigenvalue weighted by molar-refractivity contribution is 6.32. The number of carbonyl (C=O) groups excluding carboxylic acids is 3. The van der Waals surface area contributed by atoms with Crippen LogP contribution in [0.15, 0.2) is 18.2 Å². The Bertz CT molecular complexity index is 999. The van der Waals surface area contributed by atoms with Crippen LogP contribution in [0.1, 0.15) is 71.3 Å². The summed E-state index contributed by atoms with van der Waals surface area (Å²) in [7, 11) is 0. The first-order valence-corrected chi connectivity index (χ1v) is 14.3. The minimum atomic E-state index is 0.0102. The van der Waals surface area contributed by atoms with Gasteiger partial charge in [-0.05, 0) is 73.5 Å². The van der Waals surface area contributed by atoms with Crippen LogP contribution >= 0.6 is 11.6 Å². The third kappa shape index (κ3) is 6.98. The van der Waals surface area contributed by atoms with E-state index in [1.54, 1.807) is 12.1 Å². The van der Waals surface area contributed by atoms with Gasteiger partial charge >= 0.3 is 0 Å². The summed E-state index contributed by atoms with van der Waals surface area (Å²) in [6.07, 6.45) is 5.60. The number of phenolic OH excluding ortho intramolecular Hbond substituents is 1. The highest BCUT2D eigenvalue weighted by atomic mass is 35.5. The number of likely N-dealkylation sites (tertiary alicyclic amines) is 1. The molecule has 0 spiro atoms. The van der Waals surface area contributed by atoms with Crippen molar-refractivity contribution < 1.29 is 19.5 Å². The molecule has 0 radical (unpaired) electrons. The average Bonchev–Trinajstić information content (AvgIpc) is 2.85. The van der Waals surface area contributed by atoms with Crippen molar-refractivity contribution in [2.24, 2.45) is 23.7 Å². The van der Waals surface area contributed by atoms with E-state index in [1.807, 2.05) is 4.90 Å². The highest BCUT2D eigenvalue weighted by Gasteiger charge is 2.43. The lowest BCUT2D eigenvalue weighted by Gasteiger charge is -2.51. The van der Waals surface area contributed by atoms with Gasteiger partial charge in [0.15, 0.2) is 0 Å². The van der Waals surface area contributed by atoms with Crippen molar-refractivity contribution in [2.45, 2.75) is 84.2 Å². The number of piperidine rings is 2. The summed E-state index contributed by atoms with van der Waals surface area (Å²) in [5.41, 5.74) is 0.780. The zero-order valence-corrected chi connectivity index (χ0v) is 23.2. The molecule has 3 aliphatic rings. The lowest BCUT2D eigenvalue weighted by Crippen LogP contribution is -2.60. The van der Waals surface area contributed by atoms with Crippen molar-refractivity contribution >= 4 is 29.3 Å². The van der Waals surface area contributed by atoms with Crippen LogP contribution in [0, 0.1) is 23.7 Å². The van der Waals surface area contributed by atoms with Gasteiger partial charge in [0.1, 0.15) is 5.75 Å². The number of hydrogen-bond acceptors (Lipinski definition) is 4. The Morgan fingerprint density at radius 1 is 1.16 bits per heavy atom. The number of hydrogen-bond donors (Lipinski definition) is 2. The first-order chi connectivity index (χ1) is 17.6. The molecule has 3 aliphatic heterocycles. The van der Waals surface area contributed by atoms with E-state index in [-0.39, 0.29) is 64.8 Å². The van der Waals surface area contributed by atoms with Crippen LogP contribution in [0.5, 0.6) is 5.75 Å². The fourth-order valence-electron chi connectivity index (χ4n) is 6.46. The molecule has 1 aromatic rings. The van der Waals surface area contributed by atoms with Gasteiger partial charge in [0.05, 0.1) is 11.4 Å². The normalized spacial score (nSPS) is 29.6. The van der Waals surface area contributed by atoms with Crippen molar-refractivity contribution in [1.29, 1.82) is 0 Å². The number of nitrogens with one attached hydrogen (secondary N) is 1. The number of carbonyl (C=O) groups is 3. The van der Waals surface area contributed by atoms with Crippen LogP contribution < -0.4 is 5.32 Å². The second-order valence-corrected chi connectivity index (χ2v) is 12.3. The Hall–Kier alpha value is -2.28. The molecular weight excluding hydrogens is 490 g/mol. The molecule has 0 aromatic heterocycles. The molecule has 2 bridgehead atoms. The molecule has 204 valence electrons. The van der Waals surface area contributed by atoms with Crippen molar-refractivity contribution in [3.8, 4) is 5.75 Å². The van der Waals surface area contributed by atoms with Gasteiger partial charge < -0.3 is 20.2 Å². The highest BCUT2D eigenvalue weighted by Crippen LogP contribution is 2.37. The third-order valence-electron chi connectivity index (χ3n) is 8.56. The van der Waals surface area contributed by atoms with E-state index < -0.39 is 0 Å². The molecule has 1 aromatic carbocycles. The summed E-state index contributed by atoms with van der Waals surface area (Å²) in [5, 5.41) is 13.2. The number of phenols is 1. The van der Waals surface area contributed by atoms with Gasteiger partial charge in [-0.15, -0.1) is 0 Å². The molecule has 0 unspecified atom stereocenters. The molecule has 3 amide bonds. The smallest absolute Gasteiger partial charge is 0.227 e. The van der Waals surface area contributed by atoms with E-state index in [4.69, 9.17) is 11.6 Å². The Kier molecular flexibility index (Phi) is 9.04. The molecule has 3 fully saturated rings. The second kappa shape index (κ2) is 12.1. The van der Waals surface area contributed by atoms with E-state index >= 15 is 0 Å². The zero-order valence-electron chi connectivity index (χ0n) is 22.4. The maximum atomic E-state index is 13.5. The number of fused-ring (bicyclic) bond motifs is 4. The van der Waals surface area contributed by atoms with E-state index in [9.17, 15) is 19.5 Å². The van der Waals surface area contributed by atoms with Crippen molar-refractivity contribution in [2.75, 3.05) is 19.6 Å². The summed E-state index contributed by atoms with van der Waals surface area (Å²) < 4.78 is 0. The Morgan fingerprint density at radius 3 is 2.68 bits per heavy atom. The third-order valence-corrected chi connectivity index (χ3v) is 8.86. The maximum absolute atomic E-state index is 13.5. The van der Waals surface area contributed by atoms with Gasteiger partial charge in [0, 0.05) is 44.6 Å². The molecule has 0 saturated carbocycles. The molecule has 4 rings (SSSR count). The minimum absolute atomic E-state index is 0.0102. The maximum Gasteiger partial charge on any atom is 0.227 e.